The third-order valence-electron chi connectivity index (χ3n) is 5.77. The minimum atomic E-state index is -4.50. The van der Waals surface area contributed by atoms with Gasteiger partial charge in [0.1, 0.15) is 4.90 Å². The normalized spacial score (nSPS) is 21.0. The maximum Gasteiger partial charge on any atom is 0.295 e. The van der Waals surface area contributed by atoms with E-state index in [4.69, 9.17) is 0 Å². The second kappa shape index (κ2) is 7.58. The third kappa shape index (κ3) is 4.30. The number of hydrogen-bond acceptors (Lipinski definition) is 4. The molecule has 2 aliphatic rings. The lowest BCUT2D eigenvalue weighted by atomic mass is 9.80. The monoisotopic (exact) mass is 402 g/mol. The highest BCUT2D eigenvalue weighted by atomic mass is 32.2. The Morgan fingerprint density at radius 2 is 1.04 bits per heavy atom. The topological polar surface area (TPSA) is 109 Å². The molecule has 6 nitrogen and oxygen atoms in total. The van der Waals surface area contributed by atoms with Gasteiger partial charge in [-0.3, -0.25) is 9.11 Å². The molecule has 3 rings (SSSR count). The quantitative estimate of drug-likeness (QED) is 0.728. The van der Waals surface area contributed by atoms with Gasteiger partial charge in [-0.05, 0) is 60.8 Å². The molecule has 0 heterocycles. The summed E-state index contributed by atoms with van der Waals surface area (Å²) in [5.74, 6) is -0.241. The molecule has 0 aromatic heterocycles. The van der Waals surface area contributed by atoms with E-state index in [1.807, 2.05) is 0 Å². The van der Waals surface area contributed by atoms with Gasteiger partial charge in [-0.25, -0.2) is 0 Å². The van der Waals surface area contributed by atoms with Crippen LogP contribution in [0.15, 0.2) is 21.9 Å². The van der Waals surface area contributed by atoms with Crippen LogP contribution in [0.1, 0.15) is 87.2 Å². The molecule has 146 valence electrons. The molecular weight excluding hydrogens is 376 g/mol. The van der Waals surface area contributed by atoms with E-state index in [2.05, 4.69) is 0 Å². The van der Waals surface area contributed by atoms with Gasteiger partial charge in [-0.1, -0.05) is 38.5 Å². The highest BCUT2D eigenvalue weighted by Crippen LogP contribution is 2.43. The maximum atomic E-state index is 12.3. The van der Waals surface area contributed by atoms with Crippen LogP contribution in [0, 0.1) is 0 Å². The molecule has 26 heavy (non-hydrogen) atoms. The smallest absolute Gasteiger partial charge is 0.282 e. The summed E-state index contributed by atoms with van der Waals surface area (Å²) in [5.41, 5.74) is 0.700. The summed E-state index contributed by atoms with van der Waals surface area (Å²) in [6.07, 6.45) is 8.87. The van der Waals surface area contributed by atoms with E-state index >= 15 is 0 Å². The zero-order chi connectivity index (χ0) is 18.9. The fourth-order valence-corrected chi connectivity index (χ4v) is 6.13. The minimum absolute atomic E-state index is 0.121. The number of hydrogen-bond donors (Lipinski definition) is 2. The van der Waals surface area contributed by atoms with Gasteiger partial charge in [-0.15, -0.1) is 0 Å². The van der Waals surface area contributed by atoms with Crippen molar-refractivity contribution in [1.82, 2.24) is 0 Å². The van der Waals surface area contributed by atoms with Crippen molar-refractivity contribution < 1.29 is 25.9 Å². The maximum absolute atomic E-state index is 12.3. The summed E-state index contributed by atoms with van der Waals surface area (Å²) >= 11 is 0. The van der Waals surface area contributed by atoms with E-state index in [1.54, 1.807) is 0 Å². The van der Waals surface area contributed by atoms with Crippen LogP contribution in [0.5, 0.6) is 0 Å². The van der Waals surface area contributed by atoms with E-state index in [0.717, 1.165) is 64.2 Å². The average molecular weight is 403 g/mol. The molecule has 2 saturated carbocycles. The lowest BCUT2D eigenvalue weighted by molar-refractivity contribution is 0.417. The average Bonchev–Trinajstić information content (AvgIpc) is 2.60. The first-order chi connectivity index (χ1) is 12.2. The van der Waals surface area contributed by atoms with Crippen molar-refractivity contribution in [3.63, 3.8) is 0 Å². The first-order valence-electron chi connectivity index (χ1n) is 9.31. The first-order valence-corrected chi connectivity index (χ1v) is 12.2. The molecule has 1 aromatic rings. The summed E-state index contributed by atoms with van der Waals surface area (Å²) in [6.45, 7) is 0. The molecular formula is C18H26O6S2. The van der Waals surface area contributed by atoms with Crippen molar-refractivity contribution in [2.24, 2.45) is 0 Å². The van der Waals surface area contributed by atoms with Crippen LogP contribution in [-0.4, -0.2) is 25.9 Å². The molecule has 0 spiro atoms. The van der Waals surface area contributed by atoms with E-state index in [0.29, 0.717) is 11.1 Å². The lowest BCUT2D eigenvalue weighted by Crippen LogP contribution is -2.18. The van der Waals surface area contributed by atoms with Gasteiger partial charge < -0.3 is 0 Å². The molecule has 0 unspecified atom stereocenters. The number of benzene rings is 1. The summed E-state index contributed by atoms with van der Waals surface area (Å²) in [7, 11) is -8.97. The molecule has 2 aliphatic carbocycles. The van der Waals surface area contributed by atoms with Crippen LogP contribution in [-0.2, 0) is 20.2 Å². The standard InChI is InChI=1S/C18H26O6S2/c19-25(20,21)15-11-16(13-7-3-1-4-8-13)18(26(22,23)24)17(12-15)14-9-5-2-6-10-14/h11-14H,1-10H2,(H,19,20,21)(H,22,23,24). The van der Waals surface area contributed by atoms with Crippen molar-refractivity contribution in [2.45, 2.75) is 85.8 Å². The third-order valence-corrected chi connectivity index (χ3v) is 7.58. The molecule has 0 saturated heterocycles. The predicted molar refractivity (Wildman–Crippen MR) is 97.7 cm³/mol. The van der Waals surface area contributed by atoms with Gasteiger partial charge >= 0.3 is 0 Å². The van der Waals surface area contributed by atoms with Gasteiger partial charge in [0.2, 0.25) is 0 Å². The van der Waals surface area contributed by atoms with Crippen molar-refractivity contribution in [1.29, 1.82) is 0 Å². The second-order valence-electron chi connectivity index (χ2n) is 7.55. The molecule has 8 heteroatoms. The Hall–Kier alpha value is -0.960. The van der Waals surface area contributed by atoms with Crippen LogP contribution >= 0.6 is 0 Å². The highest BCUT2D eigenvalue weighted by molar-refractivity contribution is 7.86. The van der Waals surface area contributed by atoms with Crippen LogP contribution in [0.2, 0.25) is 0 Å². The predicted octanol–water partition coefficient (Wildman–Crippen LogP) is 4.28. The molecule has 0 amide bonds. The summed E-state index contributed by atoms with van der Waals surface area (Å²) in [6, 6.07) is 2.50. The Balaban J connectivity index is 2.25. The minimum Gasteiger partial charge on any atom is -0.282 e. The fraction of sp³-hybridized carbons (Fsp3) is 0.667. The van der Waals surface area contributed by atoms with Gasteiger partial charge in [0.05, 0.1) is 4.90 Å². The van der Waals surface area contributed by atoms with E-state index in [1.165, 1.54) is 12.1 Å². The van der Waals surface area contributed by atoms with Gasteiger partial charge in [-0.2, -0.15) is 16.8 Å². The van der Waals surface area contributed by atoms with Crippen molar-refractivity contribution in [3.8, 4) is 0 Å². The zero-order valence-corrected chi connectivity index (χ0v) is 16.4. The van der Waals surface area contributed by atoms with Gasteiger partial charge in [0.15, 0.2) is 0 Å². The first kappa shape index (κ1) is 19.8. The van der Waals surface area contributed by atoms with E-state index in [-0.39, 0.29) is 21.6 Å². The molecule has 0 radical (unpaired) electrons. The zero-order valence-electron chi connectivity index (χ0n) is 14.7. The van der Waals surface area contributed by atoms with Crippen molar-refractivity contribution >= 4 is 20.2 Å². The van der Waals surface area contributed by atoms with Crippen molar-refractivity contribution in [3.05, 3.63) is 23.3 Å². The lowest BCUT2D eigenvalue weighted by Gasteiger charge is -2.29. The Bertz CT molecular complexity index is 822. The molecule has 0 bridgehead atoms. The summed E-state index contributed by atoms with van der Waals surface area (Å²) in [5, 5.41) is 0. The summed E-state index contributed by atoms with van der Waals surface area (Å²) in [4.78, 5) is -0.394. The Kier molecular flexibility index (Phi) is 5.77. The SMILES string of the molecule is O=S(=O)(O)c1cc(C2CCCCC2)c(S(=O)(=O)O)c(C2CCCCC2)c1. The van der Waals surface area contributed by atoms with Crippen LogP contribution in [0.4, 0.5) is 0 Å². The summed E-state index contributed by atoms with van der Waals surface area (Å²) < 4.78 is 67.7. The van der Waals surface area contributed by atoms with Crippen molar-refractivity contribution in [2.75, 3.05) is 0 Å². The number of rotatable bonds is 4. The van der Waals surface area contributed by atoms with E-state index in [9.17, 15) is 25.9 Å². The largest absolute Gasteiger partial charge is 0.295 e. The van der Waals surface area contributed by atoms with Crippen LogP contribution < -0.4 is 0 Å². The molecule has 2 fully saturated rings. The van der Waals surface area contributed by atoms with Crippen LogP contribution in [0.3, 0.4) is 0 Å². The fourth-order valence-electron chi connectivity index (χ4n) is 4.53. The molecule has 2 N–H and O–H groups in total. The highest BCUT2D eigenvalue weighted by Gasteiger charge is 2.32. The second-order valence-corrected chi connectivity index (χ2v) is 10.3. The molecule has 0 aliphatic heterocycles. The molecule has 1 aromatic carbocycles. The van der Waals surface area contributed by atoms with Gasteiger partial charge in [0, 0.05) is 0 Å². The Morgan fingerprint density at radius 1 is 0.654 bits per heavy atom. The Morgan fingerprint density at radius 3 is 1.35 bits per heavy atom. The Labute approximate surface area is 155 Å². The van der Waals surface area contributed by atoms with Gasteiger partial charge in [0.25, 0.3) is 20.2 Å². The molecule has 0 atom stereocenters. The van der Waals surface area contributed by atoms with Crippen LogP contribution in [0.25, 0.3) is 0 Å². The van der Waals surface area contributed by atoms with E-state index < -0.39 is 20.2 Å².